The van der Waals surface area contributed by atoms with Crippen molar-refractivity contribution >= 4 is 0 Å². The summed E-state index contributed by atoms with van der Waals surface area (Å²) in [5, 5.41) is 78.7. The number of aliphatic hydroxyl groups excluding tert-OH is 8. The molecule has 8 N–H and O–H groups in total. The van der Waals surface area contributed by atoms with Crippen molar-refractivity contribution in [2.75, 3.05) is 19.8 Å². The highest BCUT2D eigenvalue weighted by molar-refractivity contribution is 4.90. The Labute approximate surface area is 159 Å². The van der Waals surface area contributed by atoms with E-state index in [1.54, 1.807) is 0 Å². The molecule has 0 bridgehead atoms. The Balaban J connectivity index is 1.57. The second-order valence-electron chi connectivity index (χ2n) is 6.99. The van der Waals surface area contributed by atoms with Crippen LogP contribution in [-0.2, 0) is 23.7 Å². The quantitative estimate of drug-likeness (QED) is 0.216. The van der Waals surface area contributed by atoms with Gasteiger partial charge in [0.2, 0.25) is 0 Å². The van der Waals surface area contributed by atoms with E-state index in [4.69, 9.17) is 23.7 Å². The molecule has 3 aliphatic heterocycles. The predicted octanol–water partition coefficient (Wildman–Crippen LogP) is -5.66. The topological polar surface area (TPSA) is 208 Å². The first kappa shape index (κ1) is 22.2. The van der Waals surface area contributed by atoms with Crippen LogP contribution in [-0.4, -0.2) is 134 Å². The maximum atomic E-state index is 10.3. The molecule has 0 aromatic rings. The average Bonchev–Trinajstić information content (AvgIpc) is 2.67. The number of ether oxygens (including phenoxy) is 5. The third-order valence-electron chi connectivity index (χ3n) is 4.94. The fourth-order valence-electron chi connectivity index (χ4n) is 3.16. The Morgan fingerprint density at radius 2 is 1.07 bits per heavy atom. The Hall–Kier alpha value is -0.520. The monoisotopic (exact) mass is 414 g/mol. The number of hydrogen-bond donors (Lipinski definition) is 8. The van der Waals surface area contributed by atoms with Crippen molar-refractivity contribution in [1.82, 2.24) is 0 Å². The minimum Gasteiger partial charge on any atom is -0.388 e. The van der Waals surface area contributed by atoms with Crippen LogP contribution < -0.4 is 0 Å². The molecule has 12 atom stereocenters. The molecule has 1 unspecified atom stereocenters. The zero-order chi connectivity index (χ0) is 20.6. The van der Waals surface area contributed by atoms with Gasteiger partial charge < -0.3 is 64.5 Å². The fraction of sp³-hybridized carbons (Fsp3) is 1.00. The summed E-state index contributed by atoms with van der Waals surface area (Å²) in [5.41, 5.74) is 0. The molecule has 3 heterocycles. The highest BCUT2D eigenvalue weighted by Crippen LogP contribution is 2.27. The highest BCUT2D eigenvalue weighted by atomic mass is 16.7. The molecule has 0 amide bonds. The van der Waals surface area contributed by atoms with E-state index in [1.807, 2.05) is 0 Å². The lowest BCUT2D eigenvalue weighted by Gasteiger charge is -2.43. The molecule has 13 heteroatoms. The minimum absolute atomic E-state index is 0.305. The zero-order valence-electron chi connectivity index (χ0n) is 14.7. The minimum atomic E-state index is -1.69. The van der Waals surface area contributed by atoms with Crippen LogP contribution in [0.2, 0.25) is 0 Å². The summed E-state index contributed by atoms with van der Waals surface area (Å²) in [6.45, 7) is -0.948. The summed E-state index contributed by atoms with van der Waals surface area (Å²) < 4.78 is 25.8. The molecule has 0 radical (unpaired) electrons. The van der Waals surface area contributed by atoms with Crippen LogP contribution in [0.4, 0.5) is 0 Å². The molecule has 164 valence electrons. The van der Waals surface area contributed by atoms with E-state index in [2.05, 4.69) is 0 Å². The largest absolute Gasteiger partial charge is 0.388 e. The van der Waals surface area contributed by atoms with Crippen LogP contribution >= 0.6 is 0 Å². The molecule has 13 nitrogen and oxygen atoms in total. The lowest BCUT2D eigenvalue weighted by atomic mass is 10.0. The molecule has 3 rings (SSSR count). The Morgan fingerprint density at radius 3 is 1.79 bits per heavy atom. The molecule has 28 heavy (non-hydrogen) atoms. The molecule has 3 saturated heterocycles. The van der Waals surface area contributed by atoms with Crippen LogP contribution in [0.15, 0.2) is 0 Å². The third kappa shape index (κ3) is 4.46. The lowest BCUT2D eigenvalue weighted by molar-refractivity contribution is -0.354. The van der Waals surface area contributed by atoms with Gasteiger partial charge in [0.15, 0.2) is 18.9 Å². The molecule has 0 saturated carbocycles. The maximum absolute atomic E-state index is 10.3. The highest BCUT2D eigenvalue weighted by Gasteiger charge is 2.48. The fourth-order valence-corrected chi connectivity index (χ4v) is 3.16. The molecule has 3 aliphatic rings. The smallest absolute Gasteiger partial charge is 0.186 e. The molecule has 0 aromatic carbocycles. The van der Waals surface area contributed by atoms with E-state index in [0.29, 0.717) is 0 Å². The van der Waals surface area contributed by atoms with Crippen molar-refractivity contribution < 1.29 is 64.5 Å². The van der Waals surface area contributed by atoms with E-state index in [1.165, 1.54) is 0 Å². The molecule has 0 aliphatic carbocycles. The summed E-state index contributed by atoms with van der Waals surface area (Å²) in [7, 11) is 0. The molecule has 0 aromatic heterocycles. The van der Waals surface area contributed by atoms with Crippen LogP contribution in [0.1, 0.15) is 0 Å². The first-order valence-corrected chi connectivity index (χ1v) is 8.81. The van der Waals surface area contributed by atoms with Crippen molar-refractivity contribution in [2.24, 2.45) is 0 Å². The Kier molecular flexibility index (Phi) is 7.20. The van der Waals surface area contributed by atoms with Gasteiger partial charge in [-0.1, -0.05) is 0 Å². The molecular weight excluding hydrogens is 388 g/mol. The van der Waals surface area contributed by atoms with E-state index in [-0.39, 0.29) is 19.8 Å². The van der Waals surface area contributed by atoms with Gasteiger partial charge in [-0.15, -0.1) is 0 Å². The normalized spacial score (nSPS) is 53.1. The summed E-state index contributed by atoms with van der Waals surface area (Å²) in [6.07, 6.45) is -17.6. The second-order valence-corrected chi connectivity index (χ2v) is 6.99. The number of rotatable bonds is 4. The number of hydrogen-bond acceptors (Lipinski definition) is 13. The first-order chi connectivity index (χ1) is 13.2. The molecule has 0 spiro atoms. The lowest BCUT2D eigenvalue weighted by Crippen LogP contribution is -2.62. The van der Waals surface area contributed by atoms with E-state index in [9.17, 15) is 40.9 Å². The summed E-state index contributed by atoms with van der Waals surface area (Å²) in [5.74, 6) is 0. The Bertz CT molecular complexity index is 508. The molecule has 3 fully saturated rings. The summed E-state index contributed by atoms with van der Waals surface area (Å²) in [6, 6.07) is 0. The summed E-state index contributed by atoms with van der Waals surface area (Å²) >= 11 is 0. The van der Waals surface area contributed by atoms with Crippen molar-refractivity contribution in [3.63, 3.8) is 0 Å². The van der Waals surface area contributed by atoms with Crippen LogP contribution in [0.5, 0.6) is 0 Å². The first-order valence-electron chi connectivity index (χ1n) is 8.81. The van der Waals surface area contributed by atoms with Crippen molar-refractivity contribution in [2.45, 2.75) is 73.8 Å². The predicted molar refractivity (Wildman–Crippen MR) is 83.2 cm³/mol. The second kappa shape index (κ2) is 9.09. The van der Waals surface area contributed by atoms with Gasteiger partial charge in [0.05, 0.1) is 19.8 Å². The van der Waals surface area contributed by atoms with Crippen molar-refractivity contribution in [3.8, 4) is 0 Å². The van der Waals surface area contributed by atoms with Crippen molar-refractivity contribution in [1.29, 1.82) is 0 Å². The van der Waals surface area contributed by atoms with Gasteiger partial charge in [-0.05, 0) is 0 Å². The average molecular weight is 414 g/mol. The van der Waals surface area contributed by atoms with Gasteiger partial charge in [-0.2, -0.15) is 0 Å². The SMILES string of the molecule is OC1OC[C@@H](O)[C@H](O)[C@H]1O[C@@H]1OC[C@@H](O[C@H]2OC[C@@H](O)[C@H](O)[C@H]2O)[C@H](O)[C@H]1O. The van der Waals surface area contributed by atoms with Gasteiger partial charge in [0.25, 0.3) is 0 Å². The van der Waals surface area contributed by atoms with E-state index >= 15 is 0 Å². The van der Waals surface area contributed by atoms with E-state index in [0.717, 1.165) is 0 Å². The zero-order valence-corrected chi connectivity index (χ0v) is 14.7. The van der Waals surface area contributed by atoms with Gasteiger partial charge >= 0.3 is 0 Å². The van der Waals surface area contributed by atoms with Gasteiger partial charge in [-0.25, -0.2) is 0 Å². The third-order valence-corrected chi connectivity index (χ3v) is 4.94. The Morgan fingerprint density at radius 1 is 0.536 bits per heavy atom. The van der Waals surface area contributed by atoms with Crippen LogP contribution in [0.3, 0.4) is 0 Å². The standard InChI is InChI=1S/C15H26O13/c16-4-2-25-14(10(21)7(4)18)27-6-3-26-15(11(22)9(6)20)28-12-8(19)5(17)1-24-13(12)23/h4-23H,1-3H2/t4-,5-,6-,7+,8+,9+,10-,11-,12-,13?,14-,15+/m1/s1. The van der Waals surface area contributed by atoms with Crippen LogP contribution in [0, 0.1) is 0 Å². The van der Waals surface area contributed by atoms with Gasteiger partial charge in [0.1, 0.15) is 54.9 Å². The number of aliphatic hydroxyl groups is 8. The van der Waals surface area contributed by atoms with Gasteiger partial charge in [0, 0.05) is 0 Å². The van der Waals surface area contributed by atoms with Gasteiger partial charge in [-0.3, -0.25) is 0 Å². The summed E-state index contributed by atoms with van der Waals surface area (Å²) in [4.78, 5) is 0. The van der Waals surface area contributed by atoms with E-state index < -0.39 is 73.8 Å². The molecular formula is C15H26O13. The van der Waals surface area contributed by atoms with Crippen LogP contribution in [0.25, 0.3) is 0 Å². The van der Waals surface area contributed by atoms with Crippen molar-refractivity contribution in [3.05, 3.63) is 0 Å². The maximum Gasteiger partial charge on any atom is 0.186 e.